The molecule has 0 atom stereocenters. The van der Waals surface area contributed by atoms with Crippen LogP contribution >= 0.6 is 0 Å². The van der Waals surface area contributed by atoms with Gasteiger partial charge in [-0.2, -0.15) is 0 Å². The van der Waals surface area contributed by atoms with E-state index in [4.69, 9.17) is 10.5 Å². The number of nitrogens with two attached hydrogens (primary N) is 1. The molecule has 0 saturated carbocycles. The van der Waals surface area contributed by atoms with Gasteiger partial charge in [0.1, 0.15) is 6.61 Å². The summed E-state index contributed by atoms with van der Waals surface area (Å²) in [5, 5.41) is 0. The minimum absolute atomic E-state index is 0.258. The van der Waals surface area contributed by atoms with Gasteiger partial charge < -0.3 is 15.2 Å². The molecule has 4 heteroatoms. The summed E-state index contributed by atoms with van der Waals surface area (Å²) in [5.41, 5.74) is 4.85. The lowest BCUT2D eigenvalue weighted by molar-refractivity contribution is 0.0745. The van der Waals surface area contributed by atoms with Crippen LogP contribution in [0.4, 0.5) is 4.79 Å². The third kappa shape index (κ3) is 21.2. The van der Waals surface area contributed by atoms with Crippen LogP contribution in [0.25, 0.3) is 0 Å². The molecule has 2 N–H and O–H groups in total. The van der Waals surface area contributed by atoms with Crippen molar-refractivity contribution in [1.82, 2.24) is 0 Å². The predicted octanol–water partition coefficient (Wildman–Crippen LogP) is 5.97. The van der Waals surface area contributed by atoms with Crippen molar-refractivity contribution in [1.29, 1.82) is 0 Å². The van der Waals surface area contributed by atoms with Gasteiger partial charge in [0.25, 0.3) is 0 Å². The Kier molecular flexibility index (Phi) is 19.6. The Balaban J connectivity index is 2.97. The fourth-order valence-electron chi connectivity index (χ4n) is 2.88. The van der Waals surface area contributed by atoms with Crippen molar-refractivity contribution >= 4 is 6.09 Å². The van der Waals surface area contributed by atoms with E-state index in [1.165, 1.54) is 89.9 Å². The highest BCUT2D eigenvalue weighted by atomic mass is 16.6. The van der Waals surface area contributed by atoms with Gasteiger partial charge in [-0.15, -0.1) is 0 Å². The Labute approximate surface area is 149 Å². The lowest BCUT2D eigenvalue weighted by Crippen LogP contribution is -2.16. The summed E-state index contributed by atoms with van der Waals surface area (Å²) in [6.07, 6.45) is 19.8. The maximum absolute atomic E-state index is 10.3. The number of carbonyl (C=O) groups is 1. The molecule has 0 aliphatic rings. The summed E-state index contributed by atoms with van der Waals surface area (Å²) in [6, 6.07) is 0. The van der Waals surface area contributed by atoms with Gasteiger partial charge in [-0.05, 0) is 6.42 Å². The third-order valence-electron chi connectivity index (χ3n) is 4.36. The standard InChI is InChI=1S/C20H41NO3/c1-2-3-4-5-6-7-8-9-10-11-12-13-14-15-16-17-23-18-19-24-20(21)22/h2-19H2,1H3,(H2,21,22). The topological polar surface area (TPSA) is 61.6 Å². The Hall–Kier alpha value is -0.770. The van der Waals surface area contributed by atoms with Crippen LogP contribution in [-0.4, -0.2) is 25.9 Å². The zero-order valence-electron chi connectivity index (χ0n) is 16.0. The van der Waals surface area contributed by atoms with E-state index < -0.39 is 6.09 Å². The maximum atomic E-state index is 10.3. The molecule has 1 amide bonds. The number of unbranched alkanes of at least 4 members (excludes halogenated alkanes) is 14. The Morgan fingerprint density at radius 1 is 0.625 bits per heavy atom. The van der Waals surface area contributed by atoms with E-state index in [0.29, 0.717) is 6.61 Å². The number of hydrogen-bond acceptors (Lipinski definition) is 3. The van der Waals surface area contributed by atoms with Gasteiger partial charge in [0.15, 0.2) is 0 Å². The SMILES string of the molecule is CCCCCCCCCCCCCCCCCOCCOC(N)=O. The zero-order valence-corrected chi connectivity index (χ0v) is 16.0. The quantitative estimate of drug-likeness (QED) is 0.294. The number of rotatable bonds is 19. The molecule has 0 radical (unpaired) electrons. The number of ether oxygens (including phenoxy) is 2. The summed E-state index contributed by atoms with van der Waals surface area (Å²) >= 11 is 0. The highest BCUT2D eigenvalue weighted by Gasteiger charge is 1.96. The molecule has 24 heavy (non-hydrogen) atoms. The van der Waals surface area contributed by atoms with Crippen LogP contribution in [0, 0.1) is 0 Å². The van der Waals surface area contributed by atoms with Gasteiger partial charge in [0.05, 0.1) is 6.61 Å². The molecule has 0 aromatic heterocycles. The fourth-order valence-corrected chi connectivity index (χ4v) is 2.88. The average molecular weight is 344 g/mol. The highest BCUT2D eigenvalue weighted by Crippen LogP contribution is 2.13. The molecule has 0 rings (SSSR count). The summed E-state index contributed by atoms with van der Waals surface area (Å²) in [4.78, 5) is 10.3. The third-order valence-corrected chi connectivity index (χ3v) is 4.36. The smallest absolute Gasteiger partial charge is 0.404 e. The second kappa shape index (κ2) is 20.3. The van der Waals surface area contributed by atoms with Crippen LogP contribution in [-0.2, 0) is 9.47 Å². The Morgan fingerprint density at radius 3 is 1.46 bits per heavy atom. The molecule has 0 aliphatic carbocycles. The minimum Gasteiger partial charge on any atom is -0.447 e. The lowest BCUT2D eigenvalue weighted by atomic mass is 10.0. The maximum Gasteiger partial charge on any atom is 0.404 e. The molecule has 0 spiro atoms. The Morgan fingerprint density at radius 2 is 1.04 bits per heavy atom. The minimum atomic E-state index is -0.731. The molecule has 0 aromatic carbocycles. The van der Waals surface area contributed by atoms with Crippen LogP contribution in [0.1, 0.15) is 103 Å². The van der Waals surface area contributed by atoms with Gasteiger partial charge in [0, 0.05) is 6.61 Å². The van der Waals surface area contributed by atoms with Gasteiger partial charge in [0.2, 0.25) is 0 Å². The van der Waals surface area contributed by atoms with Gasteiger partial charge in [-0.1, -0.05) is 96.8 Å². The van der Waals surface area contributed by atoms with E-state index in [-0.39, 0.29) is 6.61 Å². The molecule has 0 aliphatic heterocycles. The van der Waals surface area contributed by atoms with Gasteiger partial charge >= 0.3 is 6.09 Å². The zero-order chi connectivity index (χ0) is 17.7. The van der Waals surface area contributed by atoms with Crippen LogP contribution in [0.3, 0.4) is 0 Å². The van der Waals surface area contributed by atoms with Crippen molar-refractivity contribution in [3.63, 3.8) is 0 Å². The first-order chi connectivity index (χ1) is 11.8. The first-order valence-corrected chi connectivity index (χ1v) is 10.3. The van der Waals surface area contributed by atoms with Crippen molar-refractivity contribution in [2.45, 2.75) is 103 Å². The second-order valence-electron chi connectivity index (χ2n) is 6.73. The van der Waals surface area contributed by atoms with E-state index in [0.717, 1.165) is 13.0 Å². The fraction of sp³-hybridized carbons (Fsp3) is 0.950. The van der Waals surface area contributed by atoms with E-state index in [9.17, 15) is 4.79 Å². The normalized spacial score (nSPS) is 10.9. The number of hydrogen-bond donors (Lipinski definition) is 1. The van der Waals surface area contributed by atoms with Crippen LogP contribution in [0.15, 0.2) is 0 Å². The van der Waals surface area contributed by atoms with E-state index in [2.05, 4.69) is 11.7 Å². The predicted molar refractivity (Wildman–Crippen MR) is 101 cm³/mol. The number of carbonyl (C=O) groups excluding carboxylic acids is 1. The molecule has 4 nitrogen and oxygen atoms in total. The Bertz CT molecular complexity index is 259. The summed E-state index contributed by atoms with van der Waals surface area (Å²) < 4.78 is 9.95. The molecule has 0 unspecified atom stereocenters. The van der Waals surface area contributed by atoms with Crippen molar-refractivity contribution in [3.05, 3.63) is 0 Å². The summed E-state index contributed by atoms with van der Waals surface area (Å²) in [7, 11) is 0. The highest BCUT2D eigenvalue weighted by molar-refractivity contribution is 5.64. The van der Waals surface area contributed by atoms with Crippen LogP contribution < -0.4 is 5.73 Å². The first kappa shape index (κ1) is 23.2. The van der Waals surface area contributed by atoms with E-state index in [1.807, 2.05) is 0 Å². The average Bonchev–Trinajstić information content (AvgIpc) is 2.56. The first-order valence-electron chi connectivity index (χ1n) is 10.3. The van der Waals surface area contributed by atoms with Gasteiger partial charge in [-0.3, -0.25) is 0 Å². The van der Waals surface area contributed by atoms with E-state index in [1.54, 1.807) is 0 Å². The molecule has 0 saturated heterocycles. The molecule has 0 aromatic rings. The van der Waals surface area contributed by atoms with Crippen molar-refractivity contribution in [2.75, 3.05) is 19.8 Å². The lowest BCUT2D eigenvalue weighted by Gasteiger charge is -2.05. The van der Waals surface area contributed by atoms with Crippen molar-refractivity contribution in [3.8, 4) is 0 Å². The van der Waals surface area contributed by atoms with E-state index >= 15 is 0 Å². The van der Waals surface area contributed by atoms with Gasteiger partial charge in [-0.25, -0.2) is 4.79 Å². The van der Waals surface area contributed by atoms with Crippen LogP contribution in [0.2, 0.25) is 0 Å². The van der Waals surface area contributed by atoms with Crippen molar-refractivity contribution in [2.24, 2.45) is 5.73 Å². The number of primary amides is 1. The number of amides is 1. The molecule has 0 bridgehead atoms. The molecule has 144 valence electrons. The second-order valence-corrected chi connectivity index (χ2v) is 6.73. The molecular formula is C20H41NO3. The summed E-state index contributed by atoms with van der Waals surface area (Å²) in [6.45, 7) is 3.73. The largest absolute Gasteiger partial charge is 0.447 e. The van der Waals surface area contributed by atoms with Crippen LogP contribution in [0.5, 0.6) is 0 Å². The monoisotopic (exact) mass is 343 g/mol. The molecular weight excluding hydrogens is 302 g/mol. The van der Waals surface area contributed by atoms with Crippen molar-refractivity contribution < 1.29 is 14.3 Å². The molecule has 0 fully saturated rings. The summed E-state index contributed by atoms with van der Waals surface area (Å²) in [5.74, 6) is 0. The molecule has 0 heterocycles.